The van der Waals surface area contributed by atoms with Crippen molar-refractivity contribution in [2.75, 3.05) is 23.9 Å². The normalized spacial score (nSPS) is 13.5. The lowest BCUT2D eigenvalue weighted by Gasteiger charge is -2.16. The maximum absolute atomic E-state index is 13.9. The molecule has 0 unspecified atom stereocenters. The number of methoxy groups -OCH3 is 1. The average Bonchev–Trinajstić information content (AvgIpc) is 3.10. The summed E-state index contributed by atoms with van der Waals surface area (Å²) in [5.41, 5.74) is 0.632. The molecule has 1 N–H and O–H groups in total. The fourth-order valence-corrected chi connectivity index (χ4v) is 3.01. The van der Waals surface area contributed by atoms with Gasteiger partial charge in [0, 0.05) is 24.7 Å². The Morgan fingerprint density at radius 3 is 2.46 bits per heavy atom. The highest BCUT2D eigenvalue weighted by atomic mass is 19.1. The molecule has 2 amide bonds. The fourth-order valence-electron chi connectivity index (χ4n) is 3.01. The van der Waals surface area contributed by atoms with Crippen LogP contribution >= 0.6 is 0 Å². The summed E-state index contributed by atoms with van der Waals surface area (Å²) in [5.74, 6) is -3.51. The van der Waals surface area contributed by atoms with E-state index >= 15 is 0 Å². The highest BCUT2D eigenvalue weighted by molar-refractivity contribution is 5.96. The summed E-state index contributed by atoms with van der Waals surface area (Å²) in [5, 5.41) is 2.33. The Morgan fingerprint density at radius 1 is 1.14 bits per heavy atom. The molecule has 1 aliphatic rings. The highest BCUT2D eigenvalue weighted by Gasteiger charge is 2.21. The number of rotatable bonds is 5. The van der Waals surface area contributed by atoms with E-state index in [0.717, 1.165) is 25.3 Å². The Morgan fingerprint density at radius 2 is 1.86 bits per heavy atom. The van der Waals surface area contributed by atoms with E-state index < -0.39 is 29.1 Å². The molecule has 0 saturated carbocycles. The number of carbonyl (C=O) groups excluding carboxylic acids is 3. The van der Waals surface area contributed by atoms with E-state index in [4.69, 9.17) is 0 Å². The monoisotopic (exact) mass is 388 g/mol. The molecule has 0 atom stereocenters. The molecule has 1 saturated heterocycles. The Labute approximate surface area is 160 Å². The Kier molecular flexibility index (Phi) is 5.67. The van der Waals surface area contributed by atoms with Crippen molar-refractivity contribution in [2.24, 2.45) is 0 Å². The topological polar surface area (TPSA) is 75.7 Å². The minimum absolute atomic E-state index is 0.0569. The van der Waals surface area contributed by atoms with Gasteiger partial charge in [-0.1, -0.05) is 12.1 Å². The van der Waals surface area contributed by atoms with Gasteiger partial charge in [-0.15, -0.1) is 0 Å². The highest BCUT2D eigenvalue weighted by Crippen LogP contribution is 2.23. The van der Waals surface area contributed by atoms with Crippen LogP contribution in [0.1, 0.15) is 28.8 Å². The number of hydrogen-bond acceptors (Lipinski definition) is 4. The molecule has 0 aromatic heterocycles. The third-order valence-corrected chi connectivity index (χ3v) is 4.42. The molecule has 6 nitrogen and oxygen atoms in total. The minimum atomic E-state index is -1.07. The third kappa shape index (κ3) is 4.16. The summed E-state index contributed by atoms with van der Waals surface area (Å²) in [7, 11) is 1.07. The number of ether oxygens (including phenoxy) is 1. The lowest BCUT2D eigenvalue weighted by Crippen LogP contribution is -2.23. The van der Waals surface area contributed by atoms with Crippen molar-refractivity contribution >= 4 is 29.2 Å². The van der Waals surface area contributed by atoms with Gasteiger partial charge in [0.1, 0.15) is 11.6 Å². The van der Waals surface area contributed by atoms with Crippen molar-refractivity contribution in [3.05, 3.63) is 59.2 Å². The van der Waals surface area contributed by atoms with Crippen LogP contribution < -0.4 is 10.2 Å². The molecular weight excluding hydrogens is 370 g/mol. The van der Waals surface area contributed by atoms with E-state index in [1.165, 1.54) is 0 Å². The van der Waals surface area contributed by atoms with Crippen LogP contribution in [0, 0.1) is 11.6 Å². The van der Waals surface area contributed by atoms with Crippen molar-refractivity contribution < 1.29 is 27.9 Å². The maximum Gasteiger partial charge on any atom is 0.340 e. The van der Waals surface area contributed by atoms with Crippen LogP contribution in [0.5, 0.6) is 0 Å². The molecule has 0 aliphatic carbocycles. The Balaban J connectivity index is 1.69. The molecule has 2 aromatic rings. The molecule has 1 aliphatic heterocycles. The van der Waals surface area contributed by atoms with Crippen molar-refractivity contribution in [1.82, 2.24) is 0 Å². The van der Waals surface area contributed by atoms with E-state index in [2.05, 4.69) is 10.1 Å². The van der Waals surface area contributed by atoms with Gasteiger partial charge in [0.15, 0.2) is 0 Å². The van der Waals surface area contributed by atoms with E-state index in [1.807, 2.05) is 0 Å². The number of esters is 1. The molecule has 0 spiro atoms. The molecule has 2 aromatic carbocycles. The first-order valence-corrected chi connectivity index (χ1v) is 8.65. The molecule has 28 heavy (non-hydrogen) atoms. The summed E-state index contributed by atoms with van der Waals surface area (Å²) in [6.07, 6.45) is 1.29. The zero-order valence-corrected chi connectivity index (χ0v) is 15.1. The summed E-state index contributed by atoms with van der Waals surface area (Å²) in [6.45, 7) is 0.672. The van der Waals surface area contributed by atoms with Crippen LogP contribution in [0.3, 0.4) is 0 Å². The Bertz CT molecular complexity index is 929. The van der Waals surface area contributed by atoms with Gasteiger partial charge < -0.3 is 15.0 Å². The minimum Gasteiger partial charge on any atom is -0.465 e. The molecule has 8 heteroatoms. The van der Waals surface area contributed by atoms with Gasteiger partial charge in [-0.2, -0.15) is 0 Å². The second-order valence-corrected chi connectivity index (χ2v) is 6.34. The molecule has 0 radical (unpaired) electrons. The van der Waals surface area contributed by atoms with Gasteiger partial charge in [0.2, 0.25) is 11.8 Å². The molecule has 146 valence electrons. The average molecular weight is 388 g/mol. The number of hydrogen-bond donors (Lipinski definition) is 1. The molecule has 1 fully saturated rings. The van der Waals surface area contributed by atoms with Gasteiger partial charge in [-0.3, -0.25) is 9.59 Å². The summed E-state index contributed by atoms with van der Waals surface area (Å²) < 4.78 is 32.0. The largest absolute Gasteiger partial charge is 0.465 e. The number of benzene rings is 2. The van der Waals surface area contributed by atoms with Crippen molar-refractivity contribution in [3.8, 4) is 0 Å². The molecule has 0 bridgehead atoms. The van der Waals surface area contributed by atoms with Gasteiger partial charge >= 0.3 is 5.97 Å². The SMILES string of the molecule is COC(=O)c1cc(NC(=O)Cc2ccc(N3CCCC3=O)cc2)c(F)cc1F. The standard InChI is InChI=1S/C20H18F2N2O4/c1-28-20(27)14-10-17(16(22)11-15(14)21)23-18(25)9-12-4-6-13(7-5-12)24-8-2-3-19(24)26/h4-7,10-11H,2-3,8-9H2,1H3,(H,23,25). The van der Waals surface area contributed by atoms with Crippen molar-refractivity contribution in [2.45, 2.75) is 19.3 Å². The van der Waals surface area contributed by atoms with Crippen LogP contribution in [0.2, 0.25) is 0 Å². The molecular formula is C20H18F2N2O4. The predicted octanol–water partition coefficient (Wildman–Crippen LogP) is 3.06. The lowest BCUT2D eigenvalue weighted by molar-refractivity contribution is -0.117. The van der Waals surface area contributed by atoms with Crippen molar-refractivity contribution in [3.63, 3.8) is 0 Å². The third-order valence-electron chi connectivity index (χ3n) is 4.42. The molecule has 3 rings (SSSR count). The number of amides is 2. The second-order valence-electron chi connectivity index (χ2n) is 6.34. The summed E-state index contributed by atoms with van der Waals surface area (Å²) in [6, 6.07) is 8.34. The predicted molar refractivity (Wildman–Crippen MR) is 98.1 cm³/mol. The van der Waals surface area contributed by atoms with E-state index in [9.17, 15) is 23.2 Å². The lowest BCUT2D eigenvalue weighted by atomic mass is 10.1. The first-order chi connectivity index (χ1) is 13.4. The van der Waals surface area contributed by atoms with Gasteiger partial charge in [0.05, 0.1) is 24.8 Å². The molecule has 1 heterocycles. The van der Waals surface area contributed by atoms with Crippen LogP contribution in [0.15, 0.2) is 36.4 Å². The van der Waals surface area contributed by atoms with Gasteiger partial charge in [0.25, 0.3) is 0 Å². The summed E-state index contributed by atoms with van der Waals surface area (Å²) in [4.78, 5) is 37.2. The summed E-state index contributed by atoms with van der Waals surface area (Å²) >= 11 is 0. The van der Waals surface area contributed by atoms with Crippen molar-refractivity contribution in [1.29, 1.82) is 0 Å². The smallest absolute Gasteiger partial charge is 0.340 e. The van der Waals surface area contributed by atoms with E-state index in [1.54, 1.807) is 29.2 Å². The van der Waals surface area contributed by atoms with Crippen LogP contribution in [0.4, 0.5) is 20.2 Å². The van der Waals surface area contributed by atoms with Crippen LogP contribution in [0.25, 0.3) is 0 Å². The van der Waals surface area contributed by atoms with Crippen LogP contribution in [-0.2, 0) is 20.7 Å². The first-order valence-electron chi connectivity index (χ1n) is 8.65. The van der Waals surface area contributed by atoms with E-state index in [-0.39, 0.29) is 18.0 Å². The number of nitrogens with one attached hydrogen (secondary N) is 1. The van der Waals surface area contributed by atoms with Gasteiger partial charge in [-0.05, 0) is 30.2 Å². The van der Waals surface area contributed by atoms with Crippen LogP contribution in [-0.4, -0.2) is 31.4 Å². The second kappa shape index (κ2) is 8.16. The number of nitrogens with zero attached hydrogens (tertiary/aromatic N) is 1. The number of halogens is 2. The van der Waals surface area contributed by atoms with Gasteiger partial charge in [-0.25, -0.2) is 13.6 Å². The number of carbonyl (C=O) groups is 3. The van der Waals surface area contributed by atoms with E-state index in [0.29, 0.717) is 24.6 Å². The Hall–Kier alpha value is -3.29. The zero-order valence-electron chi connectivity index (χ0n) is 15.1. The maximum atomic E-state index is 13.9. The quantitative estimate of drug-likeness (QED) is 0.799. The first kappa shape index (κ1) is 19.5. The fraction of sp³-hybridized carbons (Fsp3) is 0.250. The number of anilines is 2. The zero-order chi connectivity index (χ0) is 20.3.